The van der Waals surface area contributed by atoms with E-state index in [9.17, 15) is 9.59 Å². The Labute approximate surface area is 59.2 Å². The zero-order valence-electron chi connectivity index (χ0n) is 5.59. The minimum absolute atomic E-state index is 0.367. The molecule has 1 N–H and O–H groups in total. The van der Waals surface area contributed by atoms with E-state index in [1.165, 1.54) is 4.90 Å². The number of hydrogen-bond donors (Lipinski definition) is 1. The molecular weight excluding hydrogens is 132 g/mol. The minimum atomic E-state index is -0.519. The normalized spacial score (nSPS) is 19.1. The Hall–Kier alpha value is -1.06. The summed E-state index contributed by atoms with van der Waals surface area (Å²) in [6.45, 7) is 5.01. The van der Waals surface area contributed by atoms with Crippen molar-refractivity contribution in [3.63, 3.8) is 0 Å². The predicted molar refractivity (Wildman–Crippen MR) is 34.9 cm³/mol. The molecule has 1 fully saturated rings. The van der Waals surface area contributed by atoms with Crippen molar-refractivity contribution in [3.8, 4) is 0 Å². The zero-order chi connectivity index (χ0) is 7.56. The summed E-state index contributed by atoms with van der Waals surface area (Å²) < 4.78 is 0. The molecule has 10 heavy (non-hydrogen) atoms. The first kappa shape index (κ1) is 7.05. The van der Waals surface area contributed by atoms with Crippen LogP contribution in [-0.2, 0) is 9.59 Å². The van der Waals surface area contributed by atoms with E-state index >= 15 is 0 Å². The second-order valence-corrected chi connectivity index (χ2v) is 2.05. The van der Waals surface area contributed by atoms with Crippen LogP contribution in [0, 0.1) is 6.92 Å². The standard InChI is InChI=1S/C6H9N2O2/c1-2-8-4-3-7-5(9)6(8)10/h1-4H2,(H,7,9). The second-order valence-electron chi connectivity index (χ2n) is 2.05. The van der Waals surface area contributed by atoms with Crippen molar-refractivity contribution in [3.05, 3.63) is 6.92 Å². The molecule has 0 aromatic rings. The fourth-order valence-corrected chi connectivity index (χ4v) is 0.839. The van der Waals surface area contributed by atoms with Gasteiger partial charge in [-0.15, -0.1) is 0 Å². The van der Waals surface area contributed by atoms with Crippen LogP contribution >= 0.6 is 0 Å². The quantitative estimate of drug-likeness (QED) is 0.465. The third-order valence-corrected chi connectivity index (χ3v) is 1.42. The lowest BCUT2D eigenvalue weighted by molar-refractivity contribution is -0.147. The fraction of sp³-hybridized carbons (Fsp3) is 0.500. The molecular formula is C6H9N2O2. The molecule has 4 nitrogen and oxygen atoms in total. The highest BCUT2D eigenvalue weighted by atomic mass is 16.2. The summed E-state index contributed by atoms with van der Waals surface area (Å²) in [5, 5.41) is 2.44. The van der Waals surface area contributed by atoms with Crippen molar-refractivity contribution in [2.45, 2.75) is 0 Å². The number of amides is 2. The smallest absolute Gasteiger partial charge is 0.311 e. The molecule has 2 amide bonds. The topological polar surface area (TPSA) is 49.4 Å². The van der Waals surface area contributed by atoms with Crippen molar-refractivity contribution in [2.75, 3.05) is 19.6 Å². The summed E-state index contributed by atoms with van der Waals surface area (Å²) in [6.07, 6.45) is 0. The van der Waals surface area contributed by atoms with Crippen LogP contribution in [0.4, 0.5) is 0 Å². The molecule has 1 radical (unpaired) electrons. The maximum atomic E-state index is 10.8. The number of carbonyl (C=O) groups excluding carboxylic acids is 2. The fourth-order valence-electron chi connectivity index (χ4n) is 0.839. The first-order chi connectivity index (χ1) is 4.75. The van der Waals surface area contributed by atoms with E-state index in [2.05, 4.69) is 12.2 Å². The summed E-state index contributed by atoms with van der Waals surface area (Å²) in [4.78, 5) is 22.9. The highest BCUT2D eigenvalue weighted by Crippen LogP contribution is 1.92. The Kier molecular flexibility index (Phi) is 1.89. The van der Waals surface area contributed by atoms with Crippen LogP contribution in [0.15, 0.2) is 0 Å². The van der Waals surface area contributed by atoms with Crippen LogP contribution < -0.4 is 5.32 Å². The van der Waals surface area contributed by atoms with Gasteiger partial charge in [-0.2, -0.15) is 0 Å². The van der Waals surface area contributed by atoms with Crippen LogP contribution in [0.2, 0.25) is 0 Å². The summed E-state index contributed by atoms with van der Waals surface area (Å²) in [6, 6.07) is 0. The molecule has 55 valence electrons. The molecule has 4 heteroatoms. The third-order valence-electron chi connectivity index (χ3n) is 1.42. The van der Waals surface area contributed by atoms with Gasteiger partial charge in [0, 0.05) is 19.6 Å². The number of hydrogen-bond acceptors (Lipinski definition) is 2. The van der Waals surface area contributed by atoms with Gasteiger partial charge in [-0.1, -0.05) is 0 Å². The third kappa shape index (κ3) is 1.10. The molecule has 0 unspecified atom stereocenters. The van der Waals surface area contributed by atoms with E-state index in [1.54, 1.807) is 0 Å². The number of piperazine rings is 1. The van der Waals surface area contributed by atoms with Gasteiger partial charge in [-0.25, -0.2) is 0 Å². The van der Waals surface area contributed by atoms with Crippen molar-refractivity contribution in [1.82, 2.24) is 10.2 Å². The molecule has 0 aliphatic carbocycles. The summed E-state index contributed by atoms with van der Waals surface area (Å²) in [5.74, 6) is -0.990. The van der Waals surface area contributed by atoms with Crippen molar-refractivity contribution in [1.29, 1.82) is 0 Å². The molecule has 0 atom stereocenters. The van der Waals surface area contributed by atoms with Gasteiger partial charge in [0.15, 0.2) is 0 Å². The van der Waals surface area contributed by atoms with E-state index < -0.39 is 11.8 Å². The average molecular weight is 141 g/mol. The van der Waals surface area contributed by atoms with Gasteiger partial charge in [0.2, 0.25) is 0 Å². The Balaban J connectivity index is 2.60. The highest BCUT2D eigenvalue weighted by molar-refractivity contribution is 6.35. The first-order valence-corrected chi connectivity index (χ1v) is 3.12. The first-order valence-electron chi connectivity index (χ1n) is 3.12. The van der Waals surface area contributed by atoms with Crippen molar-refractivity contribution >= 4 is 11.8 Å². The van der Waals surface area contributed by atoms with Crippen molar-refractivity contribution < 1.29 is 9.59 Å². The Morgan fingerprint density at radius 1 is 1.60 bits per heavy atom. The molecule has 0 bridgehead atoms. The SMILES string of the molecule is [CH2]CN1CCNC(=O)C1=O. The van der Waals surface area contributed by atoms with Gasteiger partial charge >= 0.3 is 11.8 Å². The molecule has 1 rings (SSSR count). The number of nitrogens with zero attached hydrogens (tertiary/aromatic N) is 1. The average Bonchev–Trinajstić information content (AvgIpc) is 1.95. The zero-order valence-corrected chi connectivity index (χ0v) is 5.59. The van der Waals surface area contributed by atoms with Crippen molar-refractivity contribution in [2.24, 2.45) is 0 Å². The van der Waals surface area contributed by atoms with Gasteiger partial charge in [0.1, 0.15) is 0 Å². The maximum absolute atomic E-state index is 10.8. The lowest BCUT2D eigenvalue weighted by Crippen LogP contribution is -2.51. The van der Waals surface area contributed by atoms with E-state index in [4.69, 9.17) is 0 Å². The highest BCUT2D eigenvalue weighted by Gasteiger charge is 2.23. The molecule has 1 heterocycles. The van der Waals surface area contributed by atoms with Gasteiger partial charge in [0.25, 0.3) is 0 Å². The molecule has 0 aromatic heterocycles. The Morgan fingerprint density at radius 2 is 2.30 bits per heavy atom. The number of rotatable bonds is 1. The number of nitrogens with one attached hydrogen (secondary N) is 1. The molecule has 1 aliphatic heterocycles. The lowest BCUT2D eigenvalue weighted by atomic mass is 10.3. The summed E-state index contributed by atoms with van der Waals surface area (Å²) >= 11 is 0. The van der Waals surface area contributed by atoms with E-state index in [0.29, 0.717) is 19.6 Å². The van der Waals surface area contributed by atoms with Gasteiger partial charge in [-0.05, 0) is 6.92 Å². The van der Waals surface area contributed by atoms with Crippen LogP contribution in [0.5, 0.6) is 0 Å². The molecule has 1 saturated heterocycles. The van der Waals surface area contributed by atoms with Gasteiger partial charge in [-0.3, -0.25) is 9.59 Å². The van der Waals surface area contributed by atoms with E-state index in [-0.39, 0.29) is 0 Å². The molecule has 0 saturated carbocycles. The van der Waals surface area contributed by atoms with Gasteiger partial charge < -0.3 is 10.2 Å². The Morgan fingerprint density at radius 3 is 2.80 bits per heavy atom. The predicted octanol–water partition coefficient (Wildman–Crippen LogP) is -1.22. The van der Waals surface area contributed by atoms with Gasteiger partial charge in [0.05, 0.1) is 0 Å². The maximum Gasteiger partial charge on any atom is 0.311 e. The molecule has 0 aromatic carbocycles. The van der Waals surface area contributed by atoms with Crippen LogP contribution in [0.3, 0.4) is 0 Å². The van der Waals surface area contributed by atoms with E-state index in [1.807, 2.05) is 0 Å². The summed E-state index contributed by atoms with van der Waals surface area (Å²) in [7, 11) is 0. The second kappa shape index (κ2) is 2.68. The largest absolute Gasteiger partial charge is 0.346 e. The monoisotopic (exact) mass is 141 g/mol. The van der Waals surface area contributed by atoms with Crippen LogP contribution in [-0.4, -0.2) is 36.3 Å². The lowest BCUT2D eigenvalue weighted by Gasteiger charge is -2.24. The minimum Gasteiger partial charge on any atom is -0.346 e. The number of carbonyl (C=O) groups is 2. The van der Waals surface area contributed by atoms with Crippen LogP contribution in [0.25, 0.3) is 0 Å². The molecule has 0 spiro atoms. The Bertz CT molecular complexity index is 167. The van der Waals surface area contributed by atoms with E-state index in [0.717, 1.165) is 0 Å². The molecule has 1 aliphatic rings. The summed E-state index contributed by atoms with van der Waals surface area (Å²) in [5.41, 5.74) is 0. The van der Waals surface area contributed by atoms with Crippen LogP contribution in [0.1, 0.15) is 0 Å².